The number of benzene rings is 2. The van der Waals surface area contributed by atoms with Gasteiger partial charge in [-0.3, -0.25) is 4.79 Å². The average molecular weight is 429 g/mol. The van der Waals surface area contributed by atoms with E-state index in [1.165, 1.54) is 16.4 Å². The Morgan fingerprint density at radius 2 is 1.67 bits per heavy atom. The van der Waals surface area contributed by atoms with Gasteiger partial charge in [0.15, 0.2) is 0 Å². The highest BCUT2D eigenvalue weighted by Gasteiger charge is 2.22. The first-order chi connectivity index (χ1) is 12.8. The highest BCUT2D eigenvalue weighted by Crippen LogP contribution is 2.19. The molecule has 2 aromatic rings. The molecule has 0 heterocycles. The molecule has 0 aromatic heterocycles. The largest absolute Gasteiger partial charge is 0.352 e. The zero-order valence-electron chi connectivity index (χ0n) is 15.2. The number of carbonyl (C=O) groups excluding carboxylic acids is 1. The van der Waals surface area contributed by atoms with Crippen LogP contribution in [0.2, 0.25) is 10.0 Å². The van der Waals surface area contributed by atoms with Crippen LogP contribution in [0.15, 0.2) is 47.4 Å². The maximum Gasteiger partial charge on any atom is 0.251 e. The number of rotatable bonds is 8. The summed E-state index contributed by atoms with van der Waals surface area (Å²) in [7, 11) is -3.61. The Labute approximate surface area is 170 Å². The van der Waals surface area contributed by atoms with Crippen molar-refractivity contribution in [3.63, 3.8) is 0 Å². The van der Waals surface area contributed by atoms with Crippen LogP contribution in [-0.2, 0) is 16.4 Å². The van der Waals surface area contributed by atoms with E-state index in [0.717, 1.165) is 5.56 Å². The maximum absolute atomic E-state index is 12.6. The van der Waals surface area contributed by atoms with Crippen molar-refractivity contribution in [3.8, 4) is 0 Å². The van der Waals surface area contributed by atoms with Crippen molar-refractivity contribution in [1.82, 2.24) is 9.62 Å². The molecule has 1 amide bonds. The lowest BCUT2D eigenvalue weighted by Gasteiger charge is -2.18. The Hall–Kier alpha value is -1.60. The van der Waals surface area contributed by atoms with Gasteiger partial charge in [-0.15, -0.1) is 0 Å². The van der Waals surface area contributed by atoms with Crippen LogP contribution in [0.3, 0.4) is 0 Å². The predicted molar refractivity (Wildman–Crippen MR) is 109 cm³/mol. The number of nitrogens with zero attached hydrogens (tertiary/aromatic N) is 1. The SMILES string of the molecule is CCN(CC)S(=O)(=O)c1cccc(C(=O)NCCc2cc(Cl)cc(Cl)c2)c1. The summed E-state index contributed by atoms with van der Waals surface area (Å²) in [5.74, 6) is -0.334. The van der Waals surface area contributed by atoms with Gasteiger partial charge in [0, 0.05) is 35.2 Å². The standard InChI is InChI=1S/C19H22Cl2N2O3S/c1-3-23(4-2)27(25,26)18-7-5-6-15(12-18)19(24)22-9-8-14-10-16(20)13-17(21)11-14/h5-7,10-13H,3-4,8-9H2,1-2H3,(H,22,24). The molecule has 0 aliphatic rings. The molecule has 0 aliphatic heterocycles. The molecular weight excluding hydrogens is 407 g/mol. The fraction of sp³-hybridized carbons (Fsp3) is 0.316. The van der Waals surface area contributed by atoms with E-state index in [9.17, 15) is 13.2 Å². The van der Waals surface area contributed by atoms with E-state index < -0.39 is 10.0 Å². The smallest absolute Gasteiger partial charge is 0.251 e. The van der Waals surface area contributed by atoms with E-state index in [1.54, 1.807) is 44.2 Å². The predicted octanol–water partition coefficient (Wildman–Crippen LogP) is 4.00. The van der Waals surface area contributed by atoms with Crippen LogP contribution in [0.4, 0.5) is 0 Å². The third kappa shape index (κ3) is 5.69. The number of nitrogens with one attached hydrogen (secondary N) is 1. The van der Waals surface area contributed by atoms with Crippen molar-refractivity contribution in [2.45, 2.75) is 25.2 Å². The van der Waals surface area contributed by atoms with Crippen molar-refractivity contribution >= 4 is 39.1 Å². The molecule has 1 N–H and O–H groups in total. The van der Waals surface area contributed by atoms with E-state index in [1.807, 2.05) is 0 Å². The van der Waals surface area contributed by atoms with Crippen LogP contribution in [0.25, 0.3) is 0 Å². The monoisotopic (exact) mass is 428 g/mol. The first-order valence-corrected chi connectivity index (χ1v) is 10.8. The molecule has 0 atom stereocenters. The van der Waals surface area contributed by atoms with Gasteiger partial charge >= 0.3 is 0 Å². The normalized spacial score (nSPS) is 11.6. The first-order valence-electron chi connectivity index (χ1n) is 8.61. The fourth-order valence-electron chi connectivity index (χ4n) is 2.69. The molecule has 0 fully saturated rings. The summed E-state index contributed by atoms with van der Waals surface area (Å²) in [5.41, 5.74) is 1.21. The quantitative estimate of drug-likeness (QED) is 0.690. The molecule has 5 nitrogen and oxygen atoms in total. The number of hydrogen-bond acceptors (Lipinski definition) is 3. The molecule has 0 unspecified atom stereocenters. The number of carbonyl (C=O) groups is 1. The highest BCUT2D eigenvalue weighted by molar-refractivity contribution is 7.89. The summed E-state index contributed by atoms with van der Waals surface area (Å²) in [5, 5.41) is 3.87. The third-order valence-electron chi connectivity index (χ3n) is 4.06. The molecule has 146 valence electrons. The molecular formula is C19H22Cl2N2O3S. The van der Waals surface area contributed by atoms with E-state index in [2.05, 4.69) is 5.32 Å². The van der Waals surface area contributed by atoms with E-state index >= 15 is 0 Å². The summed E-state index contributed by atoms with van der Waals surface area (Å²) < 4.78 is 26.6. The Bertz CT molecular complexity index is 893. The van der Waals surface area contributed by atoms with Gasteiger partial charge in [-0.2, -0.15) is 4.31 Å². The molecule has 0 saturated heterocycles. The molecule has 8 heteroatoms. The molecule has 0 saturated carbocycles. The molecule has 27 heavy (non-hydrogen) atoms. The maximum atomic E-state index is 12.6. The van der Waals surface area contributed by atoms with Gasteiger partial charge in [-0.1, -0.05) is 43.1 Å². The summed E-state index contributed by atoms with van der Waals surface area (Å²) in [6.07, 6.45) is 0.559. The van der Waals surface area contributed by atoms with Gasteiger partial charge in [0.25, 0.3) is 5.91 Å². The summed E-state index contributed by atoms with van der Waals surface area (Å²) in [6, 6.07) is 11.3. The van der Waals surface area contributed by atoms with Crippen LogP contribution in [0.5, 0.6) is 0 Å². The average Bonchev–Trinajstić information content (AvgIpc) is 2.61. The zero-order chi connectivity index (χ0) is 20.0. The lowest BCUT2D eigenvalue weighted by Crippen LogP contribution is -2.31. The van der Waals surface area contributed by atoms with Gasteiger partial charge in [-0.25, -0.2) is 8.42 Å². The second-order valence-corrected chi connectivity index (χ2v) is 8.71. The van der Waals surface area contributed by atoms with Crippen LogP contribution in [-0.4, -0.2) is 38.3 Å². The number of sulfonamides is 1. The Morgan fingerprint density at radius 3 is 2.26 bits per heavy atom. The first kappa shape index (κ1) is 21.7. The van der Waals surface area contributed by atoms with E-state index in [-0.39, 0.29) is 10.8 Å². The zero-order valence-corrected chi connectivity index (χ0v) is 17.5. The number of amides is 1. The van der Waals surface area contributed by atoms with Crippen molar-refractivity contribution in [3.05, 3.63) is 63.6 Å². The van der Waals surface area contributed by atoms with Crippen LogP contribution in [0, 0.1) is 0 Å². The van der Waals surface area contributed by atoms with Crippen LogP contribution in [0.1, 0.15) is 29.8 Å². The lowest BCUT2D eigenvalue weighted by atomic mass is 10.1. The summed E-state index contributed by atoms with van der Waals surface area (Å²) in [4.78, 5) is 12.5. The topological polar surface area (TPSA) is 66.5 Å². The lowest BCUT2D eigenvalue weighted by molar-refractivity contribution is 0.0954. The van der Waals surface area contributed by atoms with Crippen molar-refractivity contribution in [2.75, 3.05) is 19.6 Å². The minimum atomic E-state index is -3.61. The third-order valence-corrected chi connectivity index (χ3v) is 6.54. The second-order valence-electron chi connectivity index (χ2n) is 5.90. The van der Waals surface area contributed by atoms with E-state index in [0.29, 0.717) is 41.7 Å². The van der Waals surface area contributed by atoms with E-state index in [4.69, 9.17) is 23.2 Å². The van der Waals surface area contributed by atoms with Gasteiger partial charge < -0.3 is 5.32 Å². The number of hydrogen-bond donors (Lipinski definition) is 1. The molecule has 0 bridgehead atoms. The fourth-order valence-corrected chi connectivity index (χ4v) is 4.76. The Kier molecular flexibility index (Phi) is 7.68. The van der Waals surface area contributed by atoms with Gasteiger partial charge in [0.1, 0.15) is 0 Å². The second kappa shape index (κ2) is 9.55. The molecule has 2 rings (SSSR count). The Morgan fingerprint density at radius 1 is 1.04 bits per heavy atom. The molecule has 0 spiro atoms. The highest BCUT2D eigenvalue weighted by atomic mass is 35.5. The summed E-state index contributed by atoms with van der Waals surface area (Å²) >= 11 is 11.9. The van der Waals surface area contributed by atoms with Crippen molar-refractivity contribution < 1.29 is 13.2 Å². The molecule has 0 aliphatic carbocycles. The van der Waals surface area contributed by atoms with Crippen molar-refractivity contribution in [2.24, 2.45) is 0 Å². The van der Waals surface area contributed by atoms with Gasteiger partial charge in [0.2, 0.25) is 10.0 Å². The van der Waals surface area contributed by atoms with Gasteiger partial charge in [-0.05, 0) is 48.4 Å². The van der Waals surface area contributed by atoms with Crippen molar-refractivity contribution in [1.29, 1.82) is 0 Å². The molecule has 2 aromatic carbocycles. The minimum absolute atomic E-state index is 0.112. The number of halogens is 2. The van der Waals surface area contributed by atoms with Crippen LogP contribution < -0.4 is 5.32 Å². The summed E-state index contributed by atoms with van der Waals surface area (Å²) in [6.45, 7) is 4.68. The van der Waals surface area contributed by atoms with Crippen LogP contribution >= 0.6 is 23.2 Å². The molecule has 0 radical (unpaired) electrons. The minimum Gasteiger partial charge on any atom is -0.352 e. The Balaban J connectivity index is 2.07. The van der Waals surface area contributed by atoms with Gasteiger partial charge in [0.05, 0.1) is 4.90 Å².